The molecule has 1 N–H and O–H groups in total. The number of ether oxygens (including phenoxy) is 1. The number of nitriles is 1. The molecule has 0 heterocycles. The SMILES string of the molecule is Cc1cccc(OCCNc2cc(Cl)ccc2C#N)c1. The van der Waals surface area contributed by atoms with Gasteiger partial charge in [-0.2, -0.15) is 5.26 Å². The standard InChI is InChI=1S/C16H15ClN2O/c1-12-3-2-4-15(9-12)20-8-7-19-16-10-14(17)6-5-13(16)11-18/h2-6,9-10,19H,7-8H2,1H3. The van der Waals surface area contributed by atoms with Gasteiger partial charge in [0.15, 0.2) is 0 Å². The van der Waals surface area contributed by atoms with Crippen molar-refractivity contribution >= 4 is 17.3 Å². The minimum Gasteiger partial charge on any atom is -0.492 e. The van der Waals surface area contributed by atoms with Crippen molar-refractivity contribution in [2.45, 2.75) is 6.92 Å². The van der Waals surface area contributed by atoms with Crippen molar-refractivity contribution in [3.63, 3.8) is 0 Å². The van der Waals surface area contributed by atoms with E-state index in [1.165, 1.54) is 0 Å². The lowest BCUT2D eigenvalue weighted by atomic mass is 10.2. The summed E-state index contributed by atoms with van der Waals surface area (Å²) in [5, 5.41) is 12.8. The van der Waals surface area contributed by atoms with E-state index in [1.54, 1.807) is 18.2 Å². The third kappa shape index (κ3) is 3.91. The van der Waals surface area contributed by atoms with Gasteiger partial charge in [-0.3, -0.25) is 0 Å². The molecular formula is C16H15ClN2O. The summed E-state index contributed by atoms with van der Waals surface area (Å²) in [4.78, 5) is 0. The van der Waals surface area contributed by atoms with Gasteiger partial charge in [-0.25, -0.2) is 0 Å². The quantitative estimate of drug-likeness (QED) is 0.845. The highest BCUT2D eigenvalue weighted by Crippen LogP contribution is 2.20. The molecule has 2 aromatic rings. The van der Waals surface area contributed by atoms with E-state index in [1.807, 2.05) is 31.2 Å². The van der Waals surface area contributed by atoms with Crippen LogP contribution in [0.1, 0.15) is 11.1 Å². The molecule has 0 saturated heterocycles. The first-order chi connectivity index (χ1) is 9.69. The summed E-state index contributed by atoms with van der Waals surface area (Å²) in [5.74, 6) is 0.846. The first kappa shape index (κ1) is 14.2. The predicted octanol–water partition coefficient (Wildman–Crippen LogP) is 4.01. The number of hydrogen-bond donors (Lipinski definition) is 1. The average molecular weight is 287 g/mol. The Labute approximate surface area is 123 Å². The van der Waals surface area contributed by atoms with Crippen LogP contribution in [-0.4, -0.2) is 13.2 Å². The summed E-state index contributed by atoms with van der Waals surface area (Å²) >= 11 is 5.92. The van der Waals surface area contributed by atoms with E-state index in [2.05, 4.69) is 11.4 Å². The third-order valence-electron chi connectivity index (χ3n) is 2.78. The highest BCUT2D eigenvalue weighted by Gasteiger charge is 2.02. The highest BCUT2D eigenvalue weighted by atomic mass is 35.5. The summed E-state index contributed by atoms with van der Waals surface area (Å²) in [6, 6.07) is 15.2. The number of hydrogen-bond acceptors (Lipinski definition) is 3. The van der Waals surface area contributed by atoms with Crippen LogP contribution in [0.15, 0.2) is 42.5 Å². The molecule has 0 aliphatic carbocycles. The van der Waals surface area contributed by atoms with Gasteiger partial charge in [0, 0.05) is 11.6 Å². The van der Waals surface area contributed by atoms with Crippen molar-refractivity contribution in [2.24, 2.45) is 0 Å². The molecule has 0 saturated carbocycles. The molecule has 0 aliphatic rings. The first-order valence-electron chi connectivity index (χ1n) is 6.32. The van der Waals surface area contributed by atoms with Crippen molar-refractivity contribution in [3.05, 3.63) is 58.6 Å². The molecule has 0 radical (unpaired) electrons. The zero-order valence-electron chi connectivity index (χ0n) is 11.2. The number of nitrogens with zero attached hydrogens (tertiary/aromatic N) is 1. The van der Waals surface area contributed by atoms with E-state index in [0.29, 0.717) is 23.7 Å². The van der Waals surface area contributed by atoms with Crippen LogP contribution in [0.25, 0.3) is 0 Å². The molecule has 0 unspecified atom stereocenters. The number of halogens is 1. The monoisotopic (exact) mass is 286 g/mol. The zero-order chi connectivity index (χ0) is 14.4. The molecule has 0 bridgehead atoms. The fraction of sp³-hybridized carbons (Fsp3) is 0.188. The first-order valence-corrected chi connectivity index (χ1v) is 6.70. The molecule has 0 atom stereocenters. The molecular weight excluding hydrogens is 272 g/mol. The molecule has 0 aliphatic heterocycles. The van der Waals surface area contributed by atoms with Crippen LogP contribution in [0, 0.1) is 18.3 Å². The molecule has 2 rings (SSSR count). The zero-order valence-corrected chi connectivity index (χ0v) is 11.9. The van der Waals surface area contributed by atoms with E-state index >= 15 is 0 Å². The van der Waals surface area contributed by atoms with Gasteiger partial charge in [-0.05, 0) is 42.8 Å². The Morgan fingerprint density at radius 2 is 2.10 bits per heavy atom. The molecule has 0 amide bonds. The summed E-state index contributed by atoms with van der Waals surface area (Å²) in [5.41, 5.74) is 2.47. The topological polar surface area (TPSA) is 45.0 Å². The van der Waals surface area contributed by atoms with E-state index in [4.69, 9.17) is 21.6 Å². The largest absolute Gasteiger partial charge is 0.492 e. The lowest BCUT2D eigenvalue weighted by molar-refractivity contribution is 0.332. The van der Waals surface area contributed by atoms with Gasteiger partial charge < -0.3 is 10.1 Å². The van der Waals surface area contributed by atoms with Crippen molar-refractivity contribution in [3.8, 4) is 11.8 Å². The lowest BCUT2D eigenvalue weighted by Gasteiger charge is -2.10. The third-order valence-corrected chi connectivity index (χ3v) is 3.01. The van der Waals surface area contributed by atoms with Crippen LogP contribution < -0.4 is 10.1 Å². The Hall–Kier alpha value is -2.18. The smallest absolute Gasteiger partial charge is 0.119 e. The van der Waals surface area contributed by atoms with Gasteiger partial charge in [0.25, 0.3) is 0 Å². The number of rotatable bonds is 5. The van der Waals surface area contributed by atoms with Gasteiger partial charge in [-0.1, -0.05) is 23.7 Å². The van der Waals surface area contributed by atoms with E-state index in [9.17, 15) is 0 Å². The second-order valence-electron chi connectivity index (χ2n) is 4.39. The van der Waals surface area contributed by atoms with Crippen molar-refractivity contribution in [2.75, 3.05) is 18.5 Å². The molecule has 0 spiro atoms. The Morgan fingerprint density at radius 3 is 2.85 bits per heavy atom. The maximum Gasteiger partial charge on any atom is 0.119 e. The van der Waals surface area contributed by atoms with Crippen LogP contribution in [-0.2, 0) is 0 Å². The Balaban J connectivity index is 1.87. The summed E-state index contributed by atoms with van der Waals surface area (Å²) in [6.45, 7) is 3.14. The Morgan fingerprint density at radius 1 is 1.25 bits per heavy atom. The highest BCUT2D eigenvalue weighted by molar-refractivity contribution is 6.30. The fourth-order valence-electron chi connectivity index (χ4n) is 1.82. The minimum atomic E-state index is 0.515. The van der Waals surface area contributed by atoms with Gasteiger partial charge in [0.1, 0.15) is 18.4 Å². The van der Waals surface area contributed by atoms with Gasteiger partial charge in [0.05, 0.1) is 11.3 Å². The maximum absolute atomic E-state index is 9.01. The average Bonchev–Trinajstić information content (AvgIpc) is 2.44. The van der Waals surface area contributed by atoms with E-state index in [-0.39, 0.29) is 0 Å². The number of anilines is 1. The van der Waals surface area contributed by atoms with Crippen LogP contribution in [0.2, 0.25) is 5.02 Å². The summed E-state index contributed by atoms with van der Waals surface area (Å²) < 4.78 is 5.63. The van der Waals surface area contributed by atoms with Crippen molar-refractivity contribution in [1.29, 1.82) is 5.26 Å². The van der Waals surface area contributed by atoms with E-state index in [0.717, 1.165) is 17.0 Å². The van der Waals surface area contributed by atoms with Crippen LogP contribution in [0.3, 0.4) is 0 Å². The molecule has 0 aromatic heterocycles. The van der Waals surface area contributed by atoms with Crippen LogP contribution >= 0.6 is 11.6 Å². The molecule has 2 aromatic carbocycles. The van der Waals surface area contributed by atoms with Gasteiger partial charge in [-0.15, -0.1) is 0 Å². The molecule has 102 valence electrons. The second kappa shape index (κ2) is 6.83. The van der Waals surface area contributed by atoms with Crippen LogP contribution in [0.4, 0.5) is 5.69 Å². The van der Waals surface area contributed by atoms with Crippen molar-refractivity contribution < 1.29 is 4.74 Å². The Kier molecular flexibility index (Phi) is 4.86. The normalized spacial score (nSPS) is 9.85. The van der Waals surface area contributed by atoms with Crippen LogP contribution in [0.5, 0.6) is 5.75 Å². The molecule has 20 heavy (non-hydrogen) atoms. The van der Waals surface area contributed by atoms with E-state index < -0.39 is 0 Å². The van der Waals surface area contributed by atoms with Crippen molar-refractivity contribution in [1.82, 2.24) is 0 Å². The molecule has 0 fully saturated rings. The maximum atomic E-state index is 9.01. The second-order valence-corrected chi connectivity index (χ2v) is 4.83. The summed E-state index contributed by atoms with van der Waals surface area (Å²) in [6.07, 6.45) is 0. The van der Waals surface area contributed by atoms with Gasteiger partial charge >= 0.3 is 0 Å². The fourth-order valence-corrected chi connectivity index (χ4v) is 1.99. The predicted molar refractivity (Wildman–Crippen MR) is 81.3 cm³/mol. The lowest BCUT2D eigenvalue weighted by Crippen LogP contribution is -2.12. The molecule has 3 nitrogen and oxygen atoms in total. The molecule has 4 heteroatoms. The summed E-state index contributed by atoms with van der Waals surface area (Å²) in [7, 11) is 0. The Bertz CT molecular complexity index is 635. The van der Waals surface area contributed by atoms with Gasteiger partial charge in [0.2, 0.25) is 0 Å². The number of benzene rings is 2. The minimum absolute atomic E-state index is 0.515. The number of aryl methyl sites for hydroxylation is 1. The number of nitrogens with one attached hydrogen (secondary N) is 1.